The Morgan fingerprint density at radius 3 is 2.44 bits per heavy atom. The zero-order chi connectivity index (χ0) is 12.0. The number of ether oxygens (including phenoxy) is 1. The van der Waals surface area contributed by atoms with Gasteiger partial charge >= 0.3 is 0 Å². The molecule has 96 valence electrons. The molecule has 0 amide bonds. The van der Waals surface area contributed by atoms with Crippen molar-refractivity contribution in [3.8, 4) is 0 Å². The summed E-state index contributed by atoms with van der Waals surface area (Å²) in [7, 11) is 0. The van der Waals surface area contributed by atoms with Crippen LogP contribution in [0.25, 0.3) is 0 Å². The third-order valence-electron chi connectivity index (χ3n) is 3.73. The summed E-state index contributed by atoms with van der Waals surface area (Å²) >= 11 is 0. The van der Waals surface area contributed by atoms with Gasteiger partial charge in [0, 0.05) is 12.6 Å². The lowest BCUT2D eigenvalue weighted by Crippen LogP contribution is -2.38. The molecule has 1 aliphatic carbocycles. The molecule has 2 nitrogen and oxygen atoms in total. The normalized spacial score (nSPS) is 20.2. The van der Waals surface area contributed by atoms with E-state index in [-0.39, 0.29) is 0 Å². The molecule has 1 fully saturated rings. The van der Waals surface area contributed by atoms with E-state index in [4.69, 9.17) is 4.74 Å². The van der Waals surface area contributed by atoms with Crippen LogP contribution in [0.4, 0.5) is 0 Å². The maximum Gasteiger partial charge on any atom is 0.0575 e. The van der Waals surface area contributed by atoms with Crippen LogP contribution in [0.15, 0.2) is 0 Å². The third kappa shape index (κ3) is 5.31. The molecule has 16 heavy (non-hydrogen) atoms. The molecule has 0 aromatic heterocycles. The topological polar surface area (TPSA) is 21.3 Å². The Morgan fingerprint density at radius 1 is 1.25 bits per heavy atom. The van der Waals surface area contributed by atoms with Crippen molar-refractivity contribution in [1.82, 2.24) is 5.32 Å². The lowest BCUT2D eigenvalue weighted by atomic mass is 9.88. The molecule has 0 bridgehead atoms. The van der Waals surface area contributed by atoms with Gasteiger partial charge in [-0.25, -0.2) is 0 Å². The van der Waals surface area contributed by atoms with E-state index in [1.165, 1.54) is 25.7 Å². The van der Waals surface area contributed by atoms with E-state index in [9.17, 15) is 0 Å². The molecule has 1 N–H and O–H groups in total. The highest BCUT2D eigenvalue weighted by Crippen LogP contribution is 2.21. The van der Waals surface area contributed by atoms with Gasteiger partial charge in [0.1, 0.15) is 0 Å². The van der Waals surface area contributed by atoms with Crippen molar-refractivity contribution in [2.75, 3.05) is 13.2 Å². The Kier molecular flexibility index (Phi) is 5.77. The lowest BCUT2D eigenvalue weighted by molar-refractivity contribution is 0.0561. The van der Waals surface area contributed by atoms with Gasteiger partial charge in [0.25, 0.3) is 0 Å². The van der Waals surface area contributed by atoms with Crippen molar-refractivity contribution in [2.24, 2.45) is 5.41 Å². The zero-order valence-corrected chi connectivity index (χ0v) is 11.5. The van der Waals surface area contributed by atoms with E-state index < -0.39 is 0 Å². The number of nitrogens with one attached hydrogen (secondary N) is 1. The van der Waals surface area contributed by atoms with Gasteiger partial charge in [0.05, 0.1) is 6.10 Å². The second kappa shape index (κ2) is 6.61. The van der Waals surface area contributed by atoms with Crippen molar-refractivity contribution >= 4 is 0 Å². The highest BCUT2D eigenvalue weighted by molar-refractivity contribution is 4.75. The molecule has 0 heterocycles. The first-order valence-corrected chi connectivity index (χ1v) is 6.85. The van der Waals surface area contributed by atoms with Gasteiger partial charge in [-0.15, -0.1) is 0 Å². The fraction of sp³-hybridized carbons (Fsp3) is 1.00. The fourth-order valence-corrected chi connectivity index (χ4v) is 2.00. The molecular formula is C14H29NO. The minimum Gasteiger partial charge on any atom is -0.378 e. The molecule has 1 unspecified atom stereocenters. The van der Waals surface area contributed by atoms with Crippen molar-refractivity contribution < 1.29 is 4.74 Å². The van der Waals surface area contributed by atoms with E-state index in [0.717, 1.165) is 19.6 Å². The monoisotopic (exact) mass is 227 g/mol. The number of hydrogen-bond acceptors (Lipinski definition) is 2. The predicted molar refractivity (Wildman–Crippen MR) is 69.7 cm³/mol. The molecule has 0 aliphatic heterocycles. The van der Waals surface area contributed by atoms with E-state index >= 15 is 0 Å². The van der Waals surface area contributed by atoms with Crippen LogP contribution < -0.4 is 5.32 Å². The second-order valence-electron chi connectivity index (χ2n) is 6.17. The Labute approximate surface area is 101 Å². The van der Waals surface area contributed by atoms with Crippen LogP contribution in [0.1, 0.15) is 59.8 Å². The first-order valence-electron chi connectivity index (χ1n) is 6.85. The molecule has 0 radical (unpaired) electrons. The van der Waals surface area contributed by atoms with Gasteiger partial charge in [-0.2, -0.15) is 0 Å². The largest absolute Gasteiger partial charge is 0.378 e. The van der Waals surface area contributed by atoms with Crippen LogP contribution in [-0.4, -0.2) is 25.3 Å². The third-order valence-corrected chi connectivity index (χ3v) is 3.73. The molecule has 1 rings (SSSR count). The van der Waals surface area contributed by atoms with Crippen LogP contribution in [0.3, 0.4) is 0 Å². The molecule has 0 aromatic carbocycles. The van der Waals surface area contributed by atoms with Gasteiger partial charge in [-0.1, -0.05) is 33.6 Å². The molecule has 2 heteroatoms. The van der Waals surface area contributed by atoms with Crippen LogP contribution in [-0.2, 0) is 4.74 Å². The lowest BCUT2D eigenvalue weighted by Gasteiger charge is -2.28. The van der Waals surface area contributed by atoms with Gasteiger partial charge in [0.2, 0.25) is 0 Å². The Morgan fingerprint density at radius 2 is 1.88 bits per heavy atom. The summed E-state index contributed by atoms with van der Waals surface area (Å²) < 4.78 is 5.83. The van der Waals surface area contributed by atoms with Gasteiger partial charge < -0.3 is 10.1 Å². The minimum atomic E-state index is 0.353. The summed E-state index contributed by atoms with van der Waals surface area (Å²) in [6.45, 7) is 11.1. The highest BCUT2D eigenvalue weighted by atomic mass is 16.5. The number of hydrogen-bond donors (Lipinski definition) is 1. The second-order valence-corrected chi connectivity index (χ2v) is 6.17. The quantitative estimate of drug-likeness (QED) is 0.703. The average Bonchev–Trinajstić information content (AvgIpc) is 2.68. The smallest absolute Gasteiger partial charge is 0.0575 e. The minimum absolute atomic E-state index is 0.353. The number of rotatable bonds is 6. The molecule has 0 spiro atoms. The zero-order valence-electron chi connectivity index (χ0n) is 11.5. The van der Waals surface area contributed by atoms with Gasteiger partial charge in [-0.3, -0.25) is 0 Å². The molecule has 0 aromatic rings. The average molecular weight is 227 g/mol. The van der Waals surface area contributed by atoms with Crippen molar-refractivity contribution in [1.29, 1.82) is 0 Å². The Hall–Kier alpha value is -0.0800. The van der Waals surface area contributed by atoms with E-state index in [1.54, 1.807) is 0 Å². The van der Waals surface area contributed by atoms with Crippen molar-refractivity contribution in [3.63, 3.8) is 0 Å². The summed E-state index contributed by atoms with van der Waals surface area (Å²) in [5, 5.41) is 3.57. The first kappa shape index (κ1) is 14.0. The van der Waals surface area contributed by atoms with E-state index in [1.807, 2.05) is 0 Å². The molecular weight excluding hydrogens is 198 g/mol. The molecule has 1 aliphatic rings. The Balaban J connectivity index is 1.95. The maximum absolute atomic E-state index is 5.83. The van der Waals surface area contributed by atoms with Gasteiger partial charge in [-0.05, 0) is 38.1 Å². The highest BCUT2D eigenvalue weighted by Gasteiger charge is 2.19. The SMILES string of the molecule is CC(NCCCOC1CCCC1)C(C)(C)C. The Bertz CT molecular complexity index is 180. The fourth-order valence-electron chi connectivity index (χ4n) is 2.00. The maximum atomic E-state index is 5.83. The van der Waals surface area contributed by atoms with Crippen molar-refractivity contribution in [2.45, 2.75) is 71.9 Å². The predicted octanol–water partition coefficient (Wildman–Crippen LogP) is 3.36. The van der Waals surface area contributed by atoms with Crippen molar-refractivity contribution in [3.05, 3.63) is 0 Å². The summed E-state index contributed by atoms with van der Waals surface area (Å²) in [6.07, 6.45) is 7.00. The molecule has 1 saturated carbocycles. The molecule has 0 saturated heterocycles. The van der Waals surface area contributed by atoms with Crippen LogP contribution >= 0.6 is 0 Å². The standard InChI is InChI=1S/C14H29NO/c1-12(14(2,3)4)15-10-7-11-16-13-8-5-6-9-13/h12-13,15H,5-11H2,1-4H3. The van der Waals surface area contributed by atoms with E-state index in [0.29, 0.717) is 17.6 Å². The summed E-state index contributed by atoms with van der Waals surface area (Å²) in [5.41, 5.74) is 0.353. The van der Waals surface area contributed by atoms with E-state index in [2.05, 4.69) is 33.0 Å². The van der Waals surface area contributed by atoms with Crippen LogP contribution in [0.5, 0.6) is 0 Å². The molecule has 1 atom stereocenters. The van der Waals surface area contributed by atoms with Crippen LogP contribution in [0.2, 0.25) is 0 Å². The van der Waals surface area contributed by atoms with Crippen LogP contribution in [0, 0.1) is 5.41 Å². The first-order chi connectivity index (χ1) is 7.50. The van der Waals surface area contributed by atoms with Gasteiger partial charge in [0.15, 0.2) is 0 Å². The summed E-state index contributed by atoms with van der Waals surface area (Å²) in [4.78, 5) is 0. The summed E-state index contributed by atoms with van der Waals surface area (Å²) in [6, 6.07) is 0.569. The summed E-state index contributed by atoms with van der Waals surface area (Å²) in [5.74, 6) is 0.